The lowest BCUT2D eigenvalue weighted by Crippen LogP contribution is -2.75. The summed E-state index contributed by atoms with van der Waals surface area (Å²) in [6.45, 7) is 2.01. The van der Waals surface area contributed by atoms with Crippen molar-refractivity contribution < 1.29 is 52.7 Å². The van der Waals surface area contributed by atoms with E-state index >= 15 is 0 Å². The van der Waals surface area contributed by atoms with Gasteiger partial charge in [0, 0.05) is 27.9 Å². The smallest absolute Gasteiger partial charge is 0.409 e. The van der Waals surface area contributed by atoms with E-state index in [1.807, 2.05) is 5.32 Å². The van der Waals surface area contributed by atoms with Crippen LogP contribution in [0.1, 0.15) is 20.8 Å². The predicted octanol–water partition coefficient (Wildman–Crippen LogP) is 0.569. The van der Waals surface area contributed by atoms with Crippen molar-refractivity contribution in [3.63, 3.8) is 0 Å². The van der Waals surface area contributed by atoms with Gasteiger partial charge in [-0.25, -0.2) is 4.79 Å². The van der Waals surface area contributed by atoms with Crippen LogP contribution in [0.25, 0.3) is 0 Å². The maximum absolute atomic E-state index is 12.2. The van der Waals surface area contributed by atoms with E-state index in [-0.39, 0.29) is 0 Å². The molecule has 5 atom stereocenters. The van der Waals surface area contributed by atoms with Gasteiger partial charge in [-0.1, -0.05) is 34.8 Å². The van der Waals surface area contributed by atoms with Gasteiger partial charge < -0.3 is 33.5 Å². The normalized spacial score (nSPS) is 28.3. The number of esters is 3. The molecular weight excluding hydrogens is 489 g/mol. The largest absolute Gasteiger partial charge is 0.463 e. The molecule has 0 aromatic rings. The van der Waals surface area contributed by atoms with Crippen molar-refractivity contribution in [2.45, 2.75) is 54.9 Å². The number of halogens is 3. The molecule has 0 aliphatic carbocycles. The van der Waals surface area contributed by atoms with Crippen LogP contribution in [-0.2, 0) is 42.8 Å². The maximum atomic E-state index is 12.2. The van der Waals surface area contributed by atoms with Crippen LogP contribution in [0.4, 0.5) is 4.79 Å². The molecule has 0 saturated carbocycles. The summed E-state index contributed by atoms with van der Waals surface area (Å²) in [5.74, 6) is -2.45. The van der Waals surface area contributed by atoms with Crippen molar-refractivity contribution in [2.24, 2.45) is 0 Å². The number of alkyl carbamates (subject to hydrolysis) is 1. The van der Waals surface area contributed by atoms with Gasteiger partial charge in [-0.05, 0) is 0 Å². The summed E-state index contributed by atoms with van der Waals surface area (Å²) in [4.78, 5) is 46.7. The average Bonchev–Trinajstić information content (AvgIpc) is 2.61. The summed E-state index contributed by atoms with van der Waals surface area (Å²) in [6, 6.07) is 0. The van der Waals surface area contributed by atoms with Gasteiger partial charge in [-0.3, -0.25) is 19.7 Å². The lowest BCUT2D eigenvalue weighted by Gasteiger charge is -2.49. The zero-order chi connectivity index (χ0) is 24.0. The molecule has 0 unspecified atom stereocenters. The number of ether oxygens (including phenoxy) is 6. The fourth-order valence-electron chi connectivity index (χ4n) is 2.63. The lowest BCUT2D eigenvalue weighted by atomic mass is 9.92. The molecule has 1 aliphatic heterocycles. The molecule has 2 N–H and O–H groups in total. The number of aliphatic hydroxyl groups is 1. The highest BCUT2D eigenvalue weighted by Crippen LogP contribution is 2.34. The molecule has 12 nitrogen and oxygen atoms in total. The summed E-state index contributed by atoms with van der Waals surface area (Å²) in [6.07, 6.45) is -7.58. The number of amides is 1. The second kappa shape index (κ2) is 11.3. The van der Waals surface area contributed by atoms with Gasteiger partial charge in [0.2, 0.25) is 15.8 Å². The minimum absolute atomic E-state index is 0.460. The van der Waals surface area contributed by atoms with Gasteiger partial charge >= 0.3 is 24.0 Å². The Morgan fingerprint density at radius 1 is 1.03 bits per heavy atom. The van der Waals surface area contributed by atoms with Crippen LogP contribution in [0.3, 0.4) is 0 Å². The van der Waals surface area contributed by atoms with Crippen LogP contribution in [0, 0.1) is 0 Å². The first-order chi connectivity index (χ1) is 14.2. The molecule has 15 heteroatoms. The van der Waals surface area contributed by atoms with Crippen LogP contribution >= 0.6 is 34.8 Å². The molecular formula is C16H22Cl3NO11. The lowest BCUT2D eigenvalue weighted by molar-refractivity contribution is -0.344. The van der Waals surface area contributed by atoms with Gasteiger partial charge in [0.05, 0.1) is 0 Å². The summed E-state index contributed by atoms with van der Waals surface area (Å²) in [5, 5.41) is 13.2. The van der Waals surface area contributed by atoms with E-state index in [1.165, 1.54) is 0 Å². The SMILES string of the molecule is CO[C@@H]1O[C@H](COC(C)=O)[C@@H](OC(C)=O)[C@H](OC(C)=O)[C@]1(O)NC(=O)OCC(Cl)(Cl)Cl. The highest BCUT2D eigenvalue weighted by atomic mass is 35.6. The topological polar surface area (TPSA) is 156 Å². The number of rotatable bonds is 7. The number of hydrogen-bond acceptors (Lipinski definition) is 11. The second-order valence-electron chi connectivity index (χ2n) is 6.29. The molecule has 1 rings (SSSR count). The molecule has 1 fully saturated rings. The molecule has 0 aromatic heterocycles. The van der Waals surface area contributed by atoms with E-state index in [4.69, 9.17) is 63.2 Å². The Hall–Kier alpha value is -1.57. The fraction of sp³-hybridized carbons (Fsp3) is 0.750. The van der Waals surface area contributed by atoms with Gasteiger partial charge in [-0.2, -0.15) is 0 Å². The van der Waals surface area contributed by atoms with E-state index in [0.717, 1.165) is 27.9 Å². The molecule has 1 heterocycles. The Morgan fingerprint density at radius 3 is 2.06 bits per heavy atom. The minimum atomic E-state index is -2.64. The molecule has 0 aromatic carbocycles. The molecule has 0 radical (unpaired) electrons. The van der Waals surface area contributed by atoms with Crippen molar-refractivity contribution in [1.29, 1.82) is 0 Å². The van der Waals surface area contributed by atoms with Gasteiger partial charge in [-0.15, -0.1) is 0 Å². The van der Waals surface area contributed by atoms with E-state index in [9.17, 15) is 24.3 Å². The monoisotopic (exact) mass is 509 g/mol. The van der Waals surface area contributed by atoms with Crippen molar-refractivity contribution >= 4 is 58.8 Å². The molecule has 0 spiro atoms. The van der Waals surface area contributed by atoms with Crippen molar-refractivity contribution in [1.82, 2.24) is 5.32 Å². The molecule has 0 bridgehead atoms. The molecule has 1 amide bonds. The molecule has 1 saturated heterocycles. The number of carbonyl (C=O) groups is 4. The van der Waals surface area contributed by atoms with Gasteiger partial charge in [0.15, 0.2) is 12.2 Å². The van der Waals surface area contributed by atoms with Gasteiger partial charge in [0.1, 0.15) is 19.3 Å². The van der Waals surface area contributed by atoms with Crippen LogP contribution in [0.15, 0.2) is 0 Å². The van der Waals surface area contributed by atoms with E-state index < -0.39 is 71.3 Å². The highest BCUT2D eigenvalue weighted by molar-refractivity contribution is 6.67. The van der Waals surface area contributed by atoms with Crippen LogP contribution in [-0.4, -0.2) is 83.6 Å². The quantitative estimate of drug-likeness (QED) is 0.214. The maximum Gasteiger partial charge on any atom is 0.409 e. The van der Waals surface area contributed by atoms with Crippen LogP contribution in [0.2, 0.25) is 0 Å². The first kappa shape index (κ1) is 27.5. The number of carbonyl (C=O) groups excluding carboxylic acids is 4. The van der Waals surface area contributed by atoms with Gasteiger partial charge in [0.25, 0.3) is 0 Å². The Bertz CT molecular complexity index is 686. The summed E-state index contributed by atoms with van der Waals surface area (Å²) in [7, 11) is 1.10. The average molecular weight is 511 g/mol. The Morgan fingerprint density at radius 2 is 1.61 bits per heavy atom. The van der Waals surface area contributed by atoms with Crippen molar-refractivity contribution in [3.8, 4) is 0 Å². The number of nitrogens with one attached hydrogen (secondary N) is 1. The van der Waals surface area contributed by atoms with Crippen molar-refractivity contribution in [3.05, 3.63) is 0 Å². The zero-order valence-corrected chi connectivity index (χ0v) is 19.2. The second-order valence-corrected chi connectivity index (χ2v) is 8.81. The third-order valence-electron chi connectivity index (χ3n) is 3.69. The standard InChI is InChI=1S/C16H22Cl3NO11/c1-7(21)27-5-10-11(29-8(2)22)12(30-9(3)23)16(25,13(26-4)31-10)20-14(24)28-6-15(17,18)19/h10-13,25H,5-6H2,1-4H3,(H,20,24)/t10-,11-,12+,13-,16-/m1/s1. The Labute approximate surface area is 192 Å². The number of methoxy groups -OCH3 is 1. The molecule has 178 valence electrons. The van der Waals surface area contributed by atoms with E-state index in [0.29, 0.717) is 0 Å². The first-order valence-electron chi connectivity index (χ1n) is 8.59. The third kappa shape index (κ3) is 8.47. The highest BCUT2D eigenvalue weighted by Gasteiger charge is 2.61. The summed E-state index contributed by atoms with van der Waals surface area (Å²) < 4.78 is 28.5. The number of alkyl halides is 3. The fourth-order valence-corrected chi connectivity index (χ4v) is 2.79. The molecule has 1 aliphatic rings. The number of hydrogen-bond donors (Lipinski definition) is 2. The van der Waals surface area contributed by atoms with Crippen LogP contribution < -0.4 is 5.32 Å². The summed E-state index contributed by atoms with van der Waals surface area (Å²) >= 11 is 16.5. The zero-order valence-electron chi connectivity index (χ0n) is 16.9. The van der Waals surface area contributed by atoms with E-state index in [1.54, 1.807) is 0 Å². The van der Waals surface area contributed by atoms with Crippen LogP contribution in [0.5, 0.6) is 0 Å². The summed E-state index contributed by atoms with van der Waals surface area (Å²) in [5.41, 5.74) is -2.64. The first-order valence-corrected chi connectivity index (χ1v) is 9.73. The van der Waals surface area contributed by atoms with Crippen molar-refractivity contribution in [2.75, 3.05) is 20.3 Å². The Kier molecular flexibility index (Phi) is 10.0. The minimum Gasteiger partial charge on any atom is -0.463 e. The predicted molar refractivity (Wildman–Crippen MR) is 103 cm³/mol. The van der Waals surface area contributed by atoms with E-state index in [2.05, 4.69) is 0 Å². The Balaban J connectivity index is 3.30. The third-order valence-corrected chi connectivity index (χ3v) is 4.01. The molecule has 31 heavy (non-hydrogen) atoms.